The van der Waals surface area contributed by atoms with Crippen LogP contribution in [0.2, 0.25) is 0 Å². The van der Waals surface area contributed by atoms with Crippen molar-refractivity contribution in [1.82, 2.24) is 9.80 Å². The molecule has 1 aromatic rings. The van der Waals surface area contributed by atoms with E-state index in [2.05, 4.69) is 20.8 Å². The number of rotatable bonds is 6. The van der Waals surface area contributed by atoms with Gasteiger partial charge < -0.3 is 24.0 Å². The van der Waals surface area contributed by atoms with Crippen LogP contribution < -0.4 is 0 Å². The highest BCUT2D eigenvalue weighted by atomic mass is 19.1. The van der Waals surface area contributed by atoms with Crippen molar-refractivity contribution < 1.29 is 37.4 Å². The highest BCUT2D eigenvalue weighted by Gasteiger charge is 2.81. The van der Waals surface area contributed by atoms with E-state index in [9.17, 15) is 23.2 Å². The summed E-state index contributed by atoms with van der Waals surface area (Å²) >= 11 is 0. The Labute approximate surface area is 314 Å². The molecule has 8 nitrogen and oxygen atoms in total. The maximum absolute atomic E-state index is 13.9. The smallest absolute Gasteiger partial charge is 0.410 e. The van der Waals surface area contributed by atoms with E-state index in [4.69, 9.17) is 14.2 Å². The first kappa shape index (κ1) is 37.2. The van der Waals surface area contributed by atoms with Crippen molar-refractivity contribution in [1.29, 1.82) is 0 Å². The number of carbonyl (C=O) groups excluding carboxylic acids is 3. The molecule has 5 saturated carbocycles. The Hall–Kier alpha value is -2.75. The molecule has 2 heterocycles. The maximum atomic E-state index is 13.9. The zero-order chi connectivity index (χ0) is 37.9. The summed E-state index contributed by atoms with van der Waals surface area (Å²) in [6.45, 7) is 15.6. The molecule has 7 fully saturated rings. The molecule has 10 heteroatoms. The average Bonchev–Trinajstić information content (AvgIpc) is 3.60. The number of hydrogen-bond acceptors (Lipinski definition) is 6. The van der Waals surface area contributed by atoms with Crippen LogP contribution in [0.3, 0.4) is 0 Å². The molecule has 0 radical (unpaired) electrons. The Morgan fingerprint density at radius 1 is 0.906 bits per heavy atom. The monoisotopic (exact) mass is 738 g/mol. The van der Waals surface area contributed by atoms with Crippen LogP contribution in [0.15, 0.2) is 18.2 Å². The summed E-state index contributed by atoms with van der Waals surface area (Å²) in [5.74, 6) is 0.494. The number of likely N-dealkylation sites (tertiary alicyclic amines) is 1. The van der Waals surface area contributed by atoms with Crippen LogP contribution >= 0.6 is 0 Å². The molecule has 10 unspecified atom stereocenters. The molecule has 0 bridgehead atoms. The van der Waals surface area contributed by atoms with Gasteiger partial charge in [0.1, 0.15) is 23.3 Å². The molecular formula is C43H60F2N2O6. The van der Waals surface area contributed by atoms with Crippen molar-refractivity contribution in [2.75, 3.05) is 19.6 Å². The van der Waals surface area contributed by atoms with Crippen LogP contribution in [0.4, 0.5) is 13.6 Å². The predicted molar refractivity (Wildman–Crippen MR) is 194 cm³/mol. The molecule has 2 saturated heterocycles. The lowest BCUT2D eigenvalue weighted by Gasteiger charge is -2.59. The van der Waals surface area contributed by atoms with Crippen LogP contribution in [0, 0.1) is 62.9 Å². The van der Waals surface area contributed by atoms with E-state index in [1.54, 1.807) is 9.80 Å². The molecule has 8 rings (SSSR count). The number of ether oxygens (including phenoxy) is 3. The van der Waals surface area contributed by atoms with Crippen LogP contribution in [0.5, 0.6) is 0 Å². The number of hydrogen-bond donors (Lipinski definition) is 0. The second-order valence-electron chi connectivity index (χ2n) is 20.1. The van der Waals surface area contributed by atoms with E-state index < -0.39 is 17.2 Å². The molecule has 2 amide bonds. The van der Waals surface area contributed by atoms with Crippen molar-refractivity contribution in [3.8, 4) is 0 Å². The molecule has 10 atom stereocenters. The Morgan fingerprint density at radius 3 is 2.28 bits per heavy atom. The van der Waals surface area contributed by atoms with Gasteiger partial charge in [0.05, 0.1) is 18.1 Å². The molecular weight excluding hydrogens is 678 g/mol. The van der Waals surface area contributed by atoms with E-state index in [-0.39, 0.29) is 59.6 Å². The third-order valence-electron chi connectivity index (χ3n) is 15.9. The fourth-order valence-corrected chi connectivity index (χ4v) is 13.5. The third kappa shape index (κ3) is 6.10. The first-order valence-corrected chi connectivity index (χ1v) is 20.4. The van der Waals surface area contributed by atoms with Crippen molar-refractivity contribution in [2.24, 2.45) is 51.2 Å². The molecule has 0 aromatic heterocycles. The summed E-state index contributed by atoms with van der Waals surface area (Å²) < 4.78 is 46.5. The Balaban J connectivity index is 0.900. The number of halogens is 2. The normalized spacial score (nSPS) is 39.6. The molecule has 1 aromatic carbocycles. The lowest BCUT2D eigenvalue weighted by molar-refractivity contribution is -0.183. The van der Waals surface area contributed by atoms with E-state index in [0.717, 1.165) is 38.2 Å². The van der Waals surface area contributed by atoms with Crippen LogP contribution in [-0.4, -0.2) is 71.3 Å². The number of amides is 2. The number of fused-ring (bicyclic) bond motifs is 4. The lowest BCUT2D eigenvalue weighted by atomic mass is 9.46. The minimum absolute atomic E-state index is 0.0848. The van der Waals surface area contributed by atoms with Crippen molar-refractivity contribution in [3.05, 3.63) is 35.4 Å². The van der Waals surface area contributed by atoms with Crippen molar-refractivity contribution in [2.45, 2.75) is 143 Å². The van der Waals surface area contributed by atoms with Gasteiger partial charge in [-0.2, -0.15) is 0 Å². The Bertz CT molecular complexity index is 1630. The first-order valence-electron chi connectivity index (χ1n) is 20.4. The average molecular weight is 739 g/mol. The highest BCUT2D eigenvalue weighted by Crippen LogP contribution is 2.87. The fraction of sp³-hybridized carbons (Fsp3) is 0.791. The lowest BCUT2D eigenvalue weighted by Crippen LogP contribution is -2.57. The Morgan fingerprint density at radius 2 is 1.60 bits per heavy atom. The summed E-state index contributed by atoms with van der Waals surface area (Å²) in [6.07, 6.45) is 10.9. The molecule has 292 valence electrons. The van der Waals surface area contributed by atoms with E-state index in [1.807, 2.05) is 20.8 Å². The predicted octanol–water partition coefficient (Wildman–Crippen LogP) is 8.30. The second-order valence-corrected chi connectivity index (χ2v) is 20.1. The van der Waals surface area contributed by atoms with Crippen LogP contribution in [0.25, 0.3) is 0 Å². The topological polar surface area (TPSA) is 85.4 Å². The van der Waals surface area contributed by atoms with Crippen LogP contribution in [0.1, 0.15) is 118 Å². The van der Waals surface area contributed by atoms with E-state index >= 15 is 0 Å². The summed E-state index contributed by atoms with van der Waals surface area (Å²) in [5.41, 5.74) is 0.712. The molecule has 2 aliphatic heterocycles. The summed E-state index contributed by atoms with van der Waals surface area (Å²) in [6, 6.07) is 3.45. The van der Waals surface area contributed by atoms with Crippen molar-refractivity contribution >= 4 is 18.0 Å². The van der Waals surface area contributed by atoms with Crippen LogP contribution in [-0.2, 0) is 30.3 Å². The number of carbonyl (C=O) groups is 3. The van der Waals surface area contributed by atoms with Gasteiger partial charge in [-0.15, -0.1) is 0 Å². The van der Waals surface area contributed by atoms with Gasteiger partial charge in [0.25, 0.3) is 0 Å². The van der Waals surface area contributed by atoms with Gasteiger partial charge in [0.2, 0.25) is 5.91 Å². The SMILES string of the molecule is CC(=O)N(Cc1cc(F)cc(F)c1)CC1CCC2C(CC3C4CCC5C(C)(C)C(OC(=O)C6CN(C(=O)OC(C)(C)C)C6)CCC56CC46CCC23C)O1. The van der Waals surface area contributed by atoms with Gasteiger partial charge in [-0.05, 0) is 143 Å². The third-order valence-corrected chi connectivity index (χ3v) is 15.9. The molecule has 2 spiro atoms. The number of benzene rings is 1. The zero-order valence-corrected chi connectivity index (χ0v) is 32.9. The summed E-state index contributed by atoms with van der Waals surface area (Å²) in [5, 5.41) is 0. The van der Waals surface area contributed by atoms with Crippen molar-refractivity contribution in [3.63, 3.8) is 0 Å². The fourth-order valence-electron chi connectivity index (χ4n) is 13.5. The van der Waals surface area contributed by atoms with Gasteiger partial charge in [0.15, 0.2) is 0 Å². The molecule has 53 heavy (non-hydrogen) atoms. The van der Waals surface area contributed by atoms with E-state index in [1.165, 1.54) is 51.2 Å². The van der Waals surface area contributed by atoms with Gasteiger partial charge in [-0.1, -0.05) is 20.8 Å². The van der Waals surface area contributed by atoms with E-state index in [0.29, 0.717) is 59.7 Å². The van der Waals surface area contributed by atoms with Gasteiger partial charge >= 0.3 is 12.1 Å². The molecule has 7 aliphatic rings. The highest BCUT2D eigenvalue weighted by molar-refractivity contribution is 5.78. The first-order chi connectivity index (χ1) is 24.8. The molecule has 5 aliphatic carbocycles. The molecule has 0 N–H and O–H groups in total. The standard InChI is InChI=1S/C43H60F2N2O6/c1-25(48)46(20-26-16-28(44)18-29(45)17-26)23-30-8-9-32-34(51-30)19-33-31-10-11-35-40(5,6)36(12-13-43(35)24-42(31,43)15-14-41(32,33)7)52-37(49)27-21-47(22-27)38(50)53-39(2,3)4/h16-18,27,30-36H,8-15,19-24H2,1-7H3. The largest absolute Gasteiger partial charge is 0.461 e. The van der Waals surface area contributed by atoms with Gasteiger partial charge in [0, 0.05) is 44.6 Å². The zero-order valence-electron chi connectivity index (χ0n) is 32.9. The van der Waals surface area contributed by atoms with Gasteiger partial charge in [-0.25, -0.2) is 13.6 Å². The minimum Gasteiger partial charge on any atom is -0.461 e. The maximum Gasteiger partial charge on any atom is 0.410 e. The minimum atomic E-state index is -0.634. The summed E-state index contributed by atoms with van der Waals surface area (Å²) in [7, 11) is 0. The number of esters is 1. The second kappa shape index (κ2) is 12.6. The Kier molecular flexibility index (Phi) is 8.87. The quantitative estimate of drug-likeness (QED) is 0.273. The number of nitrogens with zero attached hydrogens (tertiary/aromatic N) is 2. The summed E-state index contributed by atoms with van der Waals surface area (Å²) in [4.78, 5) is 41.7. The van der Waals surface area contributed by atoms with Gasteiger partial charge in [-0.3, -0.25) is 9.59 Å².